The van der Waals surface area contributed by atoms with Crippen molar-refractivity contribution >= 4 is 21.6 Å². The van der Waals surface area contributed by atoms with E-state index in [1.54, 1.807) is 12.1 Å². The molecule has 0 aliphatic carbocycles. The zero-order valence-corrected chi connectivity index (χ0v) is 11.5. The molecule has 18 heavy (non-hydrogen) atoms. The zero-order chi connectivity index (χ0) is 13.3. The number of hydrogen-bond acceptors (Lipinski definition) is 4. The van der Waals surface area contributed by atoms with E-state index in [0.717, 1.165) is 0 Å². The van der Waals surface area contributed by atoms with Gasteiger partial charge < -0.3 is 10.5 Å². The van der Waals surface area contributed by atoms with Crippen molar-refractivity contribution in [2.24, 2.45) is 5.73 Å². The average molecular weight is 291 g/mol. The molecular weight excluding hydrogens is 276 g/mol. The van der Waals surface area contributed by atoms with Crippen LogP contribution in [0.3, 0.4) is 0 Å². The van der Waals surface area contributed by atoms with Crippen LogP contribution in [0.5, 0.6) is 5.75 Å². The van der Waals surface area contributed by atoms with Crippen LogP contribution in [0.15, 0.2) is 23.1 Å². The molecule has 1 aromatic rings. The molecule has 5 nitrogen and oxygen atoms in total. The molecule has 1 saturated heterocycles. The summed E-state index contributed by atoms with van der Waals surface area (Å²) in [6.45, 7) is 0.761. The third-order valence-electron chi connectivity index (χ3n) is 2.93. The topological polar surface area (TPSA) is 72.6 Å². The second-order valence-electron chi connectivity index (χ2n) is 4.21. The summed E-state index contributed by atoms with van der Waals surface area (Å²) in [6.07, 6.45) is 0.669. The van der Waals surface area contributed by atoms with Gasteiger partial charge in [-0.2, -0.15) is 4.31 Å². The number of halogens is 1. The number of methoxy groups -OCH3 is 1. The highest BCUT2D eigenvalue weighted by Crippen LogP contribution is 2.30. The van der Waals surface area contributed by atoms with E-state index < -0.39 is 10.0 Å². The lowest BCUT2D eigenvalue weighted by Crippen LogP contribution is -2.32. The van der Waals surface area contributed by atoms with Crippen molar-refractivity contribution in [3.05, 3.63) is 23.2 Å². The van der Waals surface area contributed by atoms with E-state index in [-0.39, 0.29) is 10.9 Å². The Labute approximate surface area is 112 Å². The summed E-state index contributed by atoms with van der Waals surface area (Å²) in [6, 6.07) is 4.44. The van der Waals surface area contributed by atoms with E-state index in [2.05, 4.69) is 0 Å². The number of sulfonamides is 1. The van der Waals surface area contributed by atoms with Crippen molar-refractivity contribution in [3.63, 3.8) is 0 Å². The molecule has 2 N–H and O–H groups in total. The highest BCUT2D eigenvalue weighted by atomic mass is 35.5. The van der Waals surface area contributed by atoms with Gasteiger partial charge in [0.15, 0.2) is 0 Å². The van der Waals surface area contributed by atoms with E-state index in [1.165, 1.54) is 17.5 Å². The second-order valence-corrected chi connectivity index (χ2v) is 6.55. The first kappa shape index (κ1) is 13.6. The van der Waals surface area contributed by atoms with E-state index in [0.29, 0.717) is 30.3 Å². The van der Waals surface area contributed by atoms with Gasteiger partial charge in [0.1, 0.15) is 10.6 Å². The largest absolute Gasteiger partial charge is 0.495 e. The van der Waals surface area contributed by atoms with Gasteiger partial charge in [0.25, 0.3) is 0 Å². The van der Waals surface area contributed by atoms with Crippen LogP contribution in [0.1, 0.15) is 6.42 Å². The molecule has 0 spiro atoms. The maximum atomic E-state index is 12.4. The first-order chi connectivity index (χ1) is 8.45. The summed E-state index contributed by atoms with van der Waals surface area (Å²) in [5.74, 6) is 0.292. The molecule has 1 heterocycles. The standard InChI is InChI=1S/C11H15ClN2O3S/c1-17-10-3-2-8(12)6-11(10)18(15,16)14-5-4-9(13)7-14/h2-3,6,9H,4-5,7,13H2,1H3/t9-/m1/s1. The molecule has 0 bridgehead atoms. The van der Waals surface area contributed by atoms with Gasteiger partial charge in [-0.1, -0.05) is 11.6 Å². The van der Waals surface area contributed by atoms with Crippen LogP contribution < -0.4 is 10.5 Å². The van der Waals surface area contributed by atoms with Crippen molar-refractivity contribution in [2.45, 2.75) is 17.4 Å². The van der Waals surface area contributed by atoms with Crippen molar-refractivity contribution in [1.29, 1.82) is 0 Å². The van der Waals surface area contributed by atoms with E-state index in [9.17, 15) is 8.42 Å². The molecule has 0 amide bonds. The molecule has 0 radical (unpaired) electrons. The van der Waals surface area contributed by atoms with Crippen molar-refractivity contribution < 1.29 is 13.2 Å². The third kappa shape index (κ3) is 2.47. The normalized spacial score (nSPS) is 21.2. The smallest absolute Gasteiger partial charge is 0.246 e. The van der Waals surface area contributed by atoms with Crippen molar-refractivity contribution in [1.82, 2.24) is 4.31 Å². The molecule has 1 atom stereocenters. The van der Waals surface area contributed by atoms with Gasteiger partial charge in [0, 0.05) is 24.2 Å². The minimum atomic E-state index is -3.59. The van der Waals surface area contributed by atoms with Gasteiger partial charge in [-0.15, -0.1) is 0 Å². The van der Waals surface area contributed by atoms with Crippen molar-refractivity contribution in [2.75, 3.05) is 20.2 Å². The second kappa shape index (κ2) is 5.05. The lowest BCUT2D eigenvalue weighted by atomic mass is 10.3. The Hall–Kier alpha value is -0.820. The predicted molar refractivity (Wildman–Crippen MR) is 69.4 cm³/mol. The zero-order valence-electron chi connectivity index (χ0n) is 9.97. The average Bonchev–Trinajstić information content (AvgIpc) is 2.76. The highest BCUT2D eigenvalue weighted by Gasteiger charge is 2.33. The number of benzene rings is 1. The minimum Gasteiger partial charge on any atom is -0.495 e. The van der Waals surface area contributed by atoms with Gasteiger partial charge in [-0.05, 0) is 24.6 Å². The van der Waals surface area contributed by atoms with Gasteiger partial charge in [0.2, 0.25) is 10.0 Å². The Balaban J connectivity index is 2.43. The Morgan fingerprint density at radius 1 is 1.50 bits per heavy atom. The summed E-state index contributed by atoms with van der Waals surface area (Å²) < 4.78 is 31.3. The molecule has 2 rings (SSSR count). The number of nitrogens with zero attached hydrogens (tertiary/aromatic N) is 1. The summed E-state index contributed by atoms with van der Waals surface area (Å²) in [4.78, 5) is 0.0894. The van der Waals surface area contributed by atoms with Gasteiger partial charge >= 0.3 is 0 Å². The Morgan fingerprint density at radius 2 is 2.22 bits per heavy atom. The molecule has 1 aliphatic rings. The molecule has 1 aliphatic heterocycles. The highest BCUT2D eigenvalue weighted by molar-refractivity contribution is 7.89. The summed E-state index contributed by atoms with van der Waals surface area (Å²) in [7, 11) is -2.16. The fourth-order valence-corrected chi connectivity index (χ4v) is 3.89. The monoisotopic (exact) mass is 290 g/mol. The van der Waals surface area contributed by atoms with Gasteiger partial charge in [0.05, 0.1) is 7.11 Å². The fraction of sp³-hybridized carbons (Fsp3) is 0.455. The Morgan fingerprint density at radius 3 is 2.78 bits per heavy atom. The quantitative estimate of drug-likeness (QED) is 0.904. The van der Waals surface area contributed by atoms with E-state index in [4.69, 9.17) is 22.1 Å². The lowest BCUT2D eigenvalue weighted by Gasteiger charge is -2.18. The van der Waals surface area contributed by atoms with Crippen LogP contribution in [-0.4, -0.2) is 39.0 Å². The molecular formula is C11H15ClN2O3S. The summed E-state index contributed by atoms with van der Waals surface area (Å²) in [5, 5.41) is 0.359. The number of rotatable bonds is 3. The van der Waals surface area contributed by atoms with Crippen LogP contribution in [0, 0.1) is 0 Å². The molecule has 1 aromatic carbocycles. The summed E-state index contributed by atoms with van der Waals surface area (Å²) in [5.41, 5.74) is 5.74. The summed E-state index contributed by atoms with van der Waals surface area (Å²) >= 11 is 5.85. The number of ether oxygens (including phenoxy) is 1. The van der Waals surface area contributed by atoms with Crippen LogP contribution in [0.4, 0.5) is 0 Å². The lowest BCUT2D eigenvalue weighted by molar-refractivity contribution is 0.398. The molecule has 100 valence electrons. The first-order valence-electron chi connectivity index (χ1n) is 5.54. The van der Waals surface area contributed by atoms with E-state index in [1.807, 2.05) is 0 Å². The van der Waals surface area contributed by atoms with Crippen LogP contribution in [0.25, 0.3) is 0 Å². The molecule has 1 fully saturated rings. The number of nitrogens with two attached hydrogens (primary N) is 1. The maximum absolute atomic E-state index is 12.4. The van der Waals surface area contributed by atoms with Crippen LogP contribution in [0.2, 0.25) is 5.02 Å². The van der Waals surface area contributed by atoms with Crippen LogP contribution in [-0.2, 0) is 10.0 Å². The predicted octanol–water partition coefficient (Wildman–Crippen LogP) is 1.07. The first-order valence-corrected chi connectivity index (χ1v) is 7.36. The molecule has 0 saturated carbocycles. The number of hydrogen-bond donors (Lipinski definition) is 1. The maximum Gasteiger partial charge on any atom is 0.246 e. The third-order valence-corrected chi connectivity index (χ3v) is 5.05. The van der Waals surface area contributed by atoms with E-state index >= 15 is 0 Å². The molecule has 7 heteroatoms. The SMILES string of the molecule is COc1ccc(Cl)cc1S(=O)(=O)N1CC[C@@H](N)C1. The Bertz CT molecular complexity index is 547. The van der Waals surface area contributed by atoms with Gasteiger partial charge in [-0.3, -0.25) is 0 Å². The minimum absolute atomic E-state index is 0.0894. The molecule has 0 unspecified atom stereocenters. The fourth-order valence-electron chi connectivity index (χ4n) is 1.96. The van der Waals surface area contributed by atoms with Crippen molar-refractivity contribution in [3.8, 4) is 5.75 Å². The Kier molecular flexibility index (Phi) is 3.82. The van der Waals surface area contributed by atoms with Crippen LogP contribution >= 0.6 is 11.6 Å². The molecule has 0 aromatic heterocycles. The van der Waals surface area contributed by atoms with Gasteiger partial charge in [-0.25, -0.2) is 8.42 Å².